The third kappa shape index (κ3) is 3.22. The van der Waals surface area contributed by atoms with E-state index in [1.807, 2.05) is 0 Å². The second-order valence-electron chi connectivity index (χ2n) is 2.80. The molecule has 0 fully saturated rings. The topological polar surface area (TPSA) is 40.9 Å². The van der Waals surface area contributed by atoms with Gasteiger partial charge >= 0.3 is 0 Å². The molecule has 76 valence electrons. The highest BCUT2D eigenvalue weighted by Crippen LogP contribution is 2.20. The Kier molecular flexibility index (Phi) is 4.07. The van der Waals surface area contributed by atoms with Gasteiger partial charge in [-0.15, -0.1) is 0 Å². The fourth-order valence-corrected chi connectivity index (χ4v) is 1.51. The predicted octanol–water partition coefficient (Wildman–Crippen LogP) is 2.91. The number of benzene rings is 1. The molecule has 0 aliphatic heterocycles. The van der Waals surface area contributed by atoms with Crippen molar-refractivity contribution < 1.29 is 9.18 Å². The molecule has 0 radical (unpaired) electrons. The molecule has 0 aliphatic carbocycles. The smallest absolute Gasteiger partial charge is 0.207 e. The quantitative estimate of drug-likeness (QED) is 0.737. The zero-order chi connectivity index (χ0) is 11.3. The molecule has 0 saturated heterocycles. The molecule has 0 atom stereocenters. The van der Waals surface area contributed by atoms with Crippen molar-refractivity contribution in [2.75, 3.05) is 0 Å². The largest absolute Gasteiger partial charge is 0.286 e. The lowest BCUT2D eigenvalue weighted by atomic mass is 10.0. The third-order valence-corrected chi connectivity index (χ3v) is 2.27. The Bertz CT molecular complexity index is 436. The van der Waals surface area contributed by atoms with Gasteiger partial charge in [-0.25, -0.2) is 4.39 Å². The van der Waals surface area contributed by atoms with Gasteiger partial charge in [0.05, 0.1) is 0 Å². The molecule has 0 amide bonds. The lowest BCUT2D eigenvalue weighted by molar-refractivity contribution is -0.110. The van der Waals surface area contributed by atoms with Gasteiger partial charge in [-0.3, -0.25) is 4.79 Å². The lowest BCUT2D eigenvalue weighted by Gasteiger charge is -2.04. The highest BCUT2D eigenvalue weighted by molar-refractivity contribution is 8.17. The van der Waals surface area contributed by atoms with E-state index in [9.17, 15) is 9.18 Å². The van der Waals surface area contributed by atoms with E-state index in [0.717, 1.165) is 0 Å². The van der Waals surface area contributed by atoms with Crippen LogP contribution in [0.4, 0.5) is 4.39 Å². The monoisotopic (exact) mass is 221 g/mol. The number of thioether (sulfide) groups is 1. The molecule has 1 aromatic rings. The van der Waals surface area contributed by atoms with Crippen LogP contribution >= 0.6 is 11.8 Å². The van der Waals surface area contributed by atoms with Crippen LogP contribution < -0.4 is 0 Å². The highest BCUT2D eigenvalue weighted by Gasteiger charge is 2.09. The highest BCUT2D eigenvalue weighted by atomic mass is 32.2. The van der Waals surface area contributed by atoms with Crippen LogP contribution in [0.25, 0.3) is 5.83 Å². The number of hydrogen-bond acceptors (Lipinski definition) is 3. The summed E-state index contributed by atoms with van der Waals surface area (Å²) in [5.41, 5.74) is 0.877. The summed E-state index contributed by atoms with van der Waals surface area (Å²) in [6.45, 7) is 3.19. The standard InChI is InChI=1S/C11H8FNOS/c1-8(12)10-5-3-2-4-9(10)6-11(14)15-7-13/h2-5H,1,6H2. The molecular weight excluding hydrogens is 213 g/mol. The second-order valence-corrected chi connectivity index (χ2v) is 3.65. The first-order chi connectivity index (χ1) is 7.15. The van der Waals surface area contributed by atoms with Crippen LogP contribution in [0.15, 0.2) is 30.8 Å². The second kappa shape index (κ2) is 5.32. The molecular formula is C11H8FNOS. The van der Waals surface area contributed by atoms with Crippen molar-refractivity contribution in [2.45, 2.75) is 6.42 Å². The molecule has 4 heteroatoms. The van der Waals surface area contributed by atoms with Crippen molar-refractivity contribution >= 4 is 22.7 Å². The Hall–Kier alpha value is -1.60. The van der Waals surface area contributed by atoms with Crippen molar-refractivity contribution in [2.24, 2.45) is 0 Å². The Balaban J connectivity index is 2.90. The van der Waals surface area contributed by atoms with E-state index in [4.69, 9.17) is 5.26 Å². The van der Waals surface area contributed by atoms with Crippen molar-refractivity contribution in [3.63, 3.8) is 0 Å². The van der Waals surface area contributed by atoms with Crippen molar-refractivity contribution in [3.8, 4) is 5.40 Å². The van der Waals surface area contributed by atoms with Gasteiger partial charge in [-0.05, 0) is 5.56 Å². The number of carbonyl (C=O) groups is 1. The molecule has 1 rings (SSSR count). The maximum Gasteiger partial charge on any atom is 0.207 e. The van der Waals surface area contributed by atoms with E-state index in [1.54, 1.807) is 29.7 Å². The predicted molar refractivity (Wildman–Crippen MR) is 58.5 cm³/mol. The van der Waals surface area contributed by atoms with Gasteiger partial charge in [0.1, 0.15) is 11.2 Å². The first-order valence-corrected chi connectivity index (χ1v) is 4.98. The first kappa shape index (κ1) is 11.5. The van der Waals surface area contributed by atoms with Crippen LogP contribution in [-0.4, -0.2) is 5.12 Å². The van der Waals surface area contributed by atoms with Crippen LogP contribution in [0.1, 0.15) is 11.1 Å². The van der Waals surface area contributed by atoms with E-state index in [1.165, 1.54) is 0 Å². The fourth-order valence-electron chi connectivity index (χ4n) is 1.18. The van der Waals surface area contributed by atoms with Crippen molar-refractivity contribution in [3.05, 3.63) is 42.0 Å². The van der Waals surface area contributed by atoms with E-state index >= 15 is 0 Å². The maximum atomic E-state index is 13.0. The molecule has 0 aliphatic rings. The number of nitrogens with zero attached hydrogens (tertiary/aromatic N) is 1. The minimum Gasteiger partial charge on any atom is -0.286 e. The zero-order valence-corrected chi connectivity index (χ0v) is 8.68. The van der Waals surface area contributed by atoms with Crippen molar-refractivity contribution in [1.29, 1.82) is 5.26 Å². The van der Waals surface area contributed by atoms with E-state index in [2.05, 4.69) is 6.58 Å². The molecule has 0 heterocycles. The third-order valence-electron chi connectivity index (χ3n) is 1.80. The number of thiocyanates is 1. The average molecular weight is 221 g/mol. The number of nitriles is 1. The van der Waals surface area contributed by atoms with Gasteiger partial charge in [-0.2, -0.15) is 5.26 Å². The maximum absolute atomic E-state index is 13.0. The number of halogens is 1. The SMILES string of the molecule is C=C(F)c1ccccc1CC(=O)SC#N. The van der Waals surface area contributed by atoms with Crippen LogP contribution in [0.5, 0.6) is 0 Å². The lowest BCUT2D eigenvalue weighted by Crippen LogP contribution is -1.99. The normalized spacial score (nSPS) is 9.33. The minimum atomic E-state index is -0.569. The van der Waals surface area contributed by atoms with Gasteiger partial charge in [0.15, 0.2) is 0 Å². The Morgan fingerprint density at radius 2 is 2.20 bits per heavy atom. The minimum absolute atomic E-state index is 0.0390. The summed E-state index contributed by atoms with van der Waals surface area (Å²) in [5.74, 6) is -0.569. The molecule has 0 aromatic heterocycles. The Morgan fingerprint density at radius 1 is 1.53 bits per heavy atom. The first-order valence-electron chi connectivity index (χ1n) is 4.16. The van der Waals surface area contributed by atoms with Crippen LogP contribution in [0.3, 0.4) is 0 Å². The van der Waals surface area contributed by atoms with Crippen LogP contribution in [0.2, 0.25) is 0 Å². The molecule has 15 heavy (non-hydrogen) atoms. The summed E-state index contributed by atoms with van der Waals surface area (Å²) in [7, 11) is 0. The molecule has 1 aromatic carbocycles. The molecule has 0 unspecified atom stereocenters. The molecule has 0 saturated carbocycles. The zero-order valence-electron chi connectivity index (χ0n) is 7.87. The molecule has 2 nitrogen and oxygen atoms in total. The average Bonchev–Trinajstić information content (AvgIpc) is 2.18. The van der Waals surface area contributed by atoms with E-state index in [-0.39, 0.29) is 11.5 Å². The summed E-state index contributed by atoms with van der Waals surface area (Å²) >= 11 is 0.561. The van der Waals surface area contributed by atoms with Gasteiger partial charge in [-0.1, -0.05) is 30.8 Å². The van der Waals surface area contributed by atoms with Crippen molar-refractivity contribution in [1.82, 2.24) is 0 Å². The Labute approximate surface area is 91.4 Å². The summed E-state index contributed by atoms with van der Waals surface area (Å²) in [6, 6.07) is 6.59. The molecule has 0 N–H and O–H groups in total. The summed E-state index contributed by atoms with van der Waals surface area (Å²) in [6.07, 6.45) is 0.0390. The van der Waals surface area contributed by atoms with Gasteiger partial charge in [0, 0.05) is 23.7 Å². The van der Waals surface area contributed by atoms with Gasteiger partial charge in [0.25, 0.3) is 0 Å². The molecule has 0 spiro atoms. The van der Waals surface area contributed by atoms with E-state index in [0.29, 0.717) is 22.9 Å². The van der Waals surface area contributed by atoms with Crippen LogP contribution in [0, 0.1) is 10.7 Å². The summed E-state index contributed by atoms with van der Waals surface area (Å²) in [4.78, 5) is 11.2. The van der Waals surface area contributed by atoms with Gasteiger partial charge < -0.3 is 0 Å². The van der Waals surface area contributed by atoms with E-state index < -0.39 is 5.83 Å². The van der Waals surface area contributed by atoms with Gasteiger partial charge in [0.2, 0.25) is 5.12 Å². The number of hydrogen-bond donors (Lipinski definition) is 0. The fraction of sp³-hybridized carbons (Fsp3) is 0.0909. The number of rotatable bonds is 3. The van der Waals surface area contributed by atoms with Crippen LogP contribution in [-0.2, 0) is 11.2 Å². The number of carbonyl (C=O) groups excluding carboxylic acids is 1. The Morgan fingerprint density at radius 3 is 2.80 bits per heavy atom. The summed E-state index contributed by atoms with van der Waals surface area (Å²) in [5, 5.41) is 9.68. The summed E-state index contributed by atoms with van der Waals surface area (Å²) < 4.78 is 13.0. The molecule has 0 bridgehead atoms.